The Bertz CT molecular complexity index is 1010. The highest BCUT2D eigenvalue weighted by Gasteiger charge is 2.49. The van der Waals surface area contributed by atoms with Crippen LogP contribution in [0.5, 0.6) is 23.3 Å². The van der Waals surface area contributed by atoms with Crippen LogP contribution in [0, 0.1) is 11.8 Å². The molecule has 0 fully saturated rings. The molecule has 1 aliphatic heterocycles. The number of allylic oxidation sites excluding steroid dienone is 4. The van der Waals surface area contributed by atoms with E-state index in [9.17, 15) is 10.2 Å². The average Bonchev–Trinajstić information content (AvgIpc) is 3.02. The van der Waals surface area contributed by atoms with Gasteiger partial charge >= 0.3 is 0 Å². The van der Waals surface area contributed by atoms with Crippen molar-refractivity contribution in [3.05, 3.63) is 59.7 Å². The number of nitrogens with one attached hydrogen (secondary N) is 1. The highest BCUT2D eigenvalue weighted by atomic mass is 16.6. The van der Waals surface area contributed by atoms with Gasteiger partial charge in [0.05, 0.1) is 0 Å². The van der Waals surface area contributed by atoms with Crippen molar-refractivity contribution in [2.45, 2.75) is 37.3 Å². The summed E-state index contributed by atoms with van der Waals surface area (Å²) in [6.07, 6.45) is 10.7. The first-order valence-electron chi connectivity index (χ1n) is 11.3. The van der Waals surface area contributed by atoms with E-state index in [-0.39, 0.29) is 29.7 Å². The fourth-order valence-electron chi connectivity index (χ4n) is 5.61. The fourth-order valence-corrected chi connectivity index (χ4v) is 5.61. The van der Waals surface area contributed by atoms with Crippen molar-refractivity contribution in [3.63, 3.8) is 0 Å². The van der Waals surface area contributed by atoms with Crippen molar-refractivity contribution in [1.29, 1.82) is 0 Å². The zero-order chi connectivity index (χ0) is 20.9. The molecule has 31 heavy (non-hydrogen) atoms. The van der Waals surface area contributed by atoms with Gasteiger partial charge < -0.3 is 25.0 Å². The Morgan fingerprint density at radius 2 is 1.58 bits per heavy atom. The molecule has 6 nitrogen and oxygen atoms in total. The monoisotopic (exact) mass is 420 g/mol. The van der Waals surface area contributed by atoms with Crippen molar-refractivity contribution in [1.82, 2.24) is 9.88 Å². The summed E-state index contributed by atoms with van der Waals surface area (Å²) in [5.74, 6) is 3.47. The van der Waals surface area contributed by atoms with Gasteiger partial charge in [-0.2, -0.15) is 0 Å². The Kier molecular flexibility index (Phi) is 4.49. The molecule has 2 heterocycles. The van der Waals surface area contributed by atoms with Crippen molar-refractivity contribution < 1.29 is 19.7 Å². The van der Waals surface area contributed by atoms with Crippen LogP contribution in [0.15, 0.2) is 48.6 Å². The number of hydrogen-bond donors (Lipinski definition) is 3. The van der Waals surface area contributed by atoms with Gasteiger partial charge in [0.15, 0.2) is 23.3 Å². The zero-order valence-corrected chi connectivity index (χ0v) is 17.4. The molecule has 162 valence electrons. The van der Waals surface area contributed by atoms with E-state index in [4.69, 9.17) is 9.47 Å². The second-order valence-electron chi connectivity index (χ2n) is 9.01. The Morgan fingerprint density at radius 3 is 2.26 bits per heavy atom. The second kappa shape index (κ2) is 7.38. The predicted molar refractivity (Wildman–Crippen MR) is 117 cm³/mol. The minimum absolute atomic E-state index is 0.00566. The lowest BCUT2D eigenvalue weighted by atomic mass is 9.56. The van der Waals surface area contributed by atoms with Crippen LogP contribution < -0.4 is 14.8 Å². The van der Waals surface area contributed by atoms with E-state index in [2.05, 4.69) is 29.6 Å². The van der Waals surface area contributed by atoms with Crippen molar-refractivity contribution in [2.75, 3.05) is 19.7 Å². The molecule has 2 aromatic rings. The van der Waals surface area contributed by atoms with Gasteiger partial charge in [0.1, 0.15) is 12.7 Å². The SMILES string of the molecule is Oc1c2c(c(O)n1CCCCNCC1COc3ccccc3O1)C1C=CC2C2C=CC12. The molecule has 3 N–H and O–H groups in total. The van der Waals surface area contributed by atoms with E-state index < -0.39 is 0 Å². The summed E-state index contributed by atoms with van der Waals surface area (Å²) in [6.45, 7) is 2.75. The molecule has 2 bridgehead atoms. The quantitative estimate of drug-likeness (QED) is 0.471. The van der Waals surface area contributed by atoms with Crippen molar-refractivity contribution in [3.8, 4) is 23.3 Å². The number of fused-ring (bicyclic) bond motifs is 1. The number of rotatable bonds is 7. The minimum Gasteiger partial charge on any atom is -0.494 e. The lowest BCUT2D eigenvalue weighted by Crippen LogP contribution is -2.38. The third kappa shape index (κ3) is 2.96. The Morgan fingerprint density at radius 1 is 0.903 bits per heavy atom. The molecule has 0 amide bonds. The van der Waals surface area contributed by atoms with Crippen molar-refractivity contribution in [2.24, 2.45) is 11.8 Å². The molecule has 5 aliphatic rings. The Balaban J connectivity index is 1.01. The van der Waals surface area contributed by atoms with E-state index in [0.29, 0.717) is 25.0 Å². The number of benzene rings is 1. The second-order valence-corrected chi connectivity index (χ2v) is 9.01. The summed E-state index contributed by atoms with van der Waals surface area (Å²) < 4.78 is 13.4. The molecular weight excluding hydrogens is 392 g/mol. The van der Waals surface area contributed by atoms with Gasteiger partial charge in [-0.3, -0.25) is 4.57 Å². The largest absolute Gasteiger partial charge is 0.494 e. The van der Waals surface area contributed by atoms with E-state index >= 15 is 0 Å². The number of aromatic nitrogens is 1. The molecule has 7 rings (SSSR count). The third-order valence-electron chi connectivity index (χ3n) is 7.23. The van der Waals surface area contributed by atoms with E-state index in [1.165, 1.54) is 0 Å². The van der Waals surface area contributed by atoms with Crippen LogP contribution in [0.1, 0.15) is 35.8 Å². The van der Waals surface area contributed by atoms with Crippen LogP contribution >= 0.6 is 0 Å². The molecule has 1 aromatic carbocycles. The van der Waals surface area contributed by atoms with Crippen LogP contribution in [0.3, 0.4) is 0 Å². The van der Waals surface area contributed by atoms with Gasteiger partial charge in [-0.1, -0.05) is 36.4 Å². The summed E-state index contributed by atoms with van der Waals surface area (Å²) in [4.78, 5) is 0. The summed E-state index contributed by atoms with van der Waals surface area (Å²) in [5.41, 5.74) is 1.90. The molecule has 0 radical (unpaired) electrons. The number of aromatic hydroxyl groups is 2. The number of nitrogens with zero attached hydrogens (tertiary/aromatic N) is 1. The maximum atomic E-state index is 10.9. The first kappa shape index (κ1) is 18.9. The van der Waals surface area contributed by atoms with Crippen LogP contribution in [0.2, 0.25) is 0 Å². The standard InChI is InChI=1S/C25H28N2O4/c28-24-22-18-9-10-19(17-8-7-16(17)18)23(22)25(29)27(24)12-4-3-11-26-13-15-14-30-20-5-1-2-6-21(20)31-15/h1-2,5-10,15-19,26,28-29H,3-4,11-14H2. The maximum absolute atomic E-state index is 10.9. The molecular formula is C25H28N2O4. The molecule has 5 unspecified atom stereocenters. The third-order valence-corrected chi connectivity index (χ3v) is 7.23. The van der Waals surface area contributed by atoms with Gasteiger partial charge in [0.25, 0.3) is 0 Å². The van der Waals surface area contributed by atoms with Gasteiger partial charge in [-0.15, -0.1) is 0 Å². The van der Waals surface area contributed by atoms with Gasteiger partial charge in [0.2, 0.25) is 0 Å². The van der Waals surface area contributed by atoms with Gasteiger partial charge in [0, 0.05) is 36.1 Å². The number of hydrogen-bond acceptors (Lipinski definition) is 5. The molecule has 0 saturated carbocycles. The summed E-state index contributed by atoms with van der Waals surface area (Å²) in [6, 6.07) is 7.75. The predicted octanol–water partition coefficient (Wildman–Crippen LogP) is 3.66. The van der Waals surface area contributed by atoms with Crippen molar-refractivity contribution >= 4 is 0 Å². The highest BCUT2D eigenvalue weighted by Crippen LogP contribution is 2.61. The Hall–Kier alpha value is -2.86. The van der Waals surface area contributed by atoms with Crippen LogP contribution in [0.4, 0.5) is 0 Å². The molecule has 0 spiro atoms. The number of ether oxygens (including phenoxy) is 2. The van der Waals surface area contributed by atoms with E-state index in [1.54, 1.807) is 4.57 Å². The molecule has 0 saturated heterocycles. The fraction of sp³-hybridized carbons (Fsp3) is 0.440. The topological polar surface area (TPSA) is 75.9 Å². The van der Waals surface area contributed by atoms with Crippen LogP contribution in [-0.4, -0.2) is 40.6 Å². The lowest BCUT2D eigenvalue weighted by molar-refractivity contribution is 0.0905. The first-order valence-corrected chi connectivity index (χ1v) is 11.3. The van der Waals surface area contributed by atoms with E-state index in [0.717, 1.165) is 48.6 Å². The van der Waals surface area contributed by atoms with E-state index in [1.807, 2.05) is 24.3 Å². The van der Waals surface area contributed by atoms with Crippen LogP contribution in [-0.2, 0) is 6.54 Å². The molecule has 6 heteroatoms. The summed E-state index contributed by atoms with van der Waals surface area (Å²) >= 11 is 0. The molecule has 1 aromatic heterocycles. The Labute approximate surface area is 181 Å². The number of para-hydroxylation sites is 2. The number of unbranched alkanes of at least 4 members (excludes halogenated alkanes) is 1. The minimum atomic E-state index is 0.00566. The summed E-state index contributed by atoms with van der Waals surface area (Å²) in [7, 11) is 0. The first-order chi connectivity index (χ1) is 15.2. The molecule has 4 aliphatic carbocycles. The van der Waals surface area contributed by atoms with Gasteiger partial charge in [-0.05, 0) is 43.4 Å². The molecule has 5 atom stereocenters. The van der Waals surface area contributed by atoms with Gasteiger partial charge in [-0.25, -0.2) is 0 Å². The average molecular weight is 421 g/mol. The maximum Gasteiger partial charge on any atom is 0.198 e. The smallest absolute Gasteiger partial charge is 0.198 e. The normalized spacial score (nSPS) is 28.8. The van der Waals surface area contributed by atoms with Crippen LogP contribution in [0.25, 0.3) is 0 Å². The highest BCUT2D eigenvalue weighted by molar-refractivity contribution is 5.59. The summed E-state index contributed by atoms with van der Waals surface area (Å²) in [5, 5.41) is 25.2. The lowest BCUT2D eigenvalue weighted by Gasteiger charge is -2.47. The zero-order valence-electron chi connectivity index (χ0n) is 17.4.